The molecule has 1 aromatic carbocycles. The quantitative estimate of drug-likeness (QED) is 0.894. The summed E-state index contributed by atoms with van der Waals surface area (Å²) in [6.07, 6.45) is 1.68. The minimum Gasteiger partial charge on any atom is -0.379 e. The van der Waals surface area contributed by atoms with Gasteiger partial charge in [0.1, 0.15) is 5.60 Å². The van der Waals surface area contributed by atoms with Crippen molar-refractivity contribution in [2.45, 2.75) is 12.5 Å². The predicted octanol–water partition coefficient (Wildman–Crippen LogP) is 3.20. The van der Waals surface area contributed by atoms with Gasteiger partial charge in [-0.25, -0.2) is 0 Å². The first kappa shape index (κ1) is 12.8. The van der Waals surface area contributed by atoms with Crippen molar-refractivity contribution in [3.63, 3.8) is 0 Å². The molecule has 90 valence electrons. The molecule has 0 spiro atoms. The van der Waals surface area contributed by atoms with Crippen LogP contribution in [-0.4, -0.2) is 14.9 Å². The number of halogens is 2. The second-order valence-electron chi connectivity index (χ2n) is 4.05. The largest absolute Gasteiger partial charge is 0.379 e. The van der Waals surface area contributed by atoms with Gasteiger partial charge in [-0.3, -0.25) is 4.68 Å². The minimum atomic E-state index is -1.09. The molecule has 0 saturated heterocycles. The number of hydrogen-bond acceptors (Lipinski definition) is 2. The van der Waals surface area contributed by atoms with E-state index in [0.29, 0.717) is 0 Å². The van der Waals surface area contributed by atoms with E-state index in [1.165, 1.54) is 0 Å². The summed E-state index contributed by atoms with van der Waals surface area (Å²) >= 11 is 6.82. The zero-order chi connectivity index (χ0) is 12.6. The Morgan fingerprint density at radius 3 is 2.59 bits per heavy atom. The van der Waals surface area contributed by atoms with Crippen LogP contribution in [-0.2, 0) is 12.6 Å². The van der Waals surface area contributed by atoms with Gasteiger partial charge >= 0.3 is 0 Å². The van der Waals surface area contributed by atoms with Crippen LogP contribution in [0.25, 0.3) is 0 Å². The number of aryl methyl sites for hydroxylation is 1. The van der Waals surface area contributed by atoms with Crippen molar-refractivity contribution in [1.82, 2.24) is 9.78 Å². The fourth-order valence-corrected chi connectivity index (χ4v) is 3.02. The normalized spacial score (nSPS) is 14.6. The van der Waals surface area contributed by atoms with Gasteiger partial charge in [-0.15, -0.1) is 0 Å². The van der Waals surface area contributed by atoms with Gasteiger partial charge in [0, 0.05) is 11.5 Å². The molecule has 1 N–H and O–H groups in total. The highest BCUT2D eigenvalue weighted by Gasteiger charge is 2.31. The predicted molar refractivity (Wildman–Crippen MR) is 73.7 cm³/mol. The van der Waals surface area contributed by atoms with E-state index in [0.717, 1.165) is 20.2 Å². The van der Waals surface area contributed by atoms with E-state index >= 15 is 0 Å². The van der Waals surface area contributed by atoms with Crippen molar-refractivity contribution >= 4 is 31.9 Å². The van der Waals surface area contributed by atoms with Crippen LogP contribution in [0.3, 0.4) is 0 Å². The lowest BCUT2D eigenvalue weighted by Crippen LogP contribution is -2.26. The maximum Gasteiger partial charge on any atom is 0.129 e. The Hall–Kier alpha value is -0.650. The number of hydrogen-bond donors (Lipinski definition) is 1. The van der Waals surface area contributed by atoms with E-state index < -0.39 is 5.60 Å². The Morgan fingerprint density at radius 1 is 1.35 bits per heavy atom. The molecule has 0 aliphatic carbocycles. The highest BCUT2D eigenvalue weighted by Crippen LogP contribution is 2.34. The molecule has 1 heterocycles. The van der Waals surface area contributed by atoms with Crippen LogP contribution in [0, 0.1) is 0 Å². The first-order chi connectivity index (χ1) is 7.93. The van der Waals surface area contributed by atoms with Crippen LogP contribution >= 0.6 is 31.9 Å². The molecule has 2 rings (SSSR count). The van der Waals surface area contributed by atoms with Crippen molar-refractivity contribution in [2.24, 2.45) is 7.05 Å². The number of benzene rings is 1. The van der Waals surface area contributed by atoms with E-state index in [4.69, 9.17) is 0 Å². The lowest BCUT2D eigenvalue weighted by Gasteiger charge is -2.25. The smallest absolute Gasteiger partial charge is 0.129 e. The standard InChI is InChI=1S/C12H12Br2N2O/c1-12(17,8-4-3-5-9(13)6-8)11-10(14)7-15-16(11)2/h3-7,17H,1-2H3. The molecule has 5 heteroatoms. The third-order valence-corrected chi connectivity index (χ3v) is 3.82. The SMILES string of the molecule is Cn1ncc(Br)c1C(C)(O)c1cccc(Br)c1. The maximum absolute atomic E-state index is 10.7. The fourth-order valence-electron chi connectivity index (χ4n) is 1.89. The lowest BCUT2D eigenvalue weighted by atomic mass is 9.92. The summed E-state index contributed by atoms with van der Waals surface area (Å²) in [7, 11) is 1.81. The van der Waals surface area contributed by atoms with Crippen molar-refractivity contribution in [3.8, 4) is 0 Å². The summed E-state index contributed by atoms with van der Waals surface area (Å²) in [4.78, 5) is 0. The second-order valence-corrected chi connectivity index (χ2v) is 5.82. The van der Waals surface area contributed by atoms with Gasteiger partial charge in [0.2, 0.25) is 0 Å². The molecule has 2 aromatic rings. The molecule has 0 aliphatic rings. The summed E-state index contributed by atoms with van der Waals surface area (Å²) in [5.74, 6) is 0. The van der Waals surface area contributed by atoms with E-state index in [1.54, 1.807) is 17.8 Å². The number of nitrogens with zero attached hydrogens (tertiary/aromatic N) is 2. The Bertz CT molecular complexity index is 530. The van der Waals surface area contributed by atoms with Crippen LogP contribution in [0.2, 0.25) is 0 Å². The summed E-state index contributed by atoms with van der Waals surface area (Å²) in [5.41, 5.74) is 0.459. The Balaban J connectivity index is 2.57. The molecule has 0 amide bonds. The highest BCUT2D eigenvalue weighted by molar-refractivity contribution is 9.10. The zero-order valence-electron chi connectivity index (χ0n) is 9.48. The summed E-state index contributed by atoms with van der Waals surface area (Å²) in [5, 5.41) is 14.8. The van der Waals surface area contributed by atoms with Gasteiger partial charge in [-0.2, -0.15) is 5.10 Å². The third-order valence-electron chi connectivity index (χ3n) is 2.74. The van der Waals surface area contributed by atoms with Gasteiger partial charge < -0.3 is 5.11 Å². The zero-order valence-corrected chi connectivity index (χ0v) is 12.7. The van der Waals surface area contributed by atoms with Gasteiger partial charge in [0.15, 0.2) is 0 Å². The van der Waals surface area contributed by atoms with E-state index in [9.17, 15) is 5.11 Å². The minimum absolute atomic E-state index is 0.732. The molecule has 0 saturated carbocycles. The van der Waals surface area contributed by atoms with Crippen molar-refractivity contribution in [1.29, 1.82) is 0 Å². The van der Waals surface area contributed by atoms with Gasteiger partial charge in [0.05, 0.1) is 16.4 Å². The van der Waals surface area contributed by atoms with E-state index in [2.05, 4.69) is 37.0 Å². The first-order valence-electron chi connectivity index (χ1n) is 5.09. The molecular formula is C12H12Br2N2O. The molecule has 1 atom stereocenters. The van der Waals surface area contributed by atoms with Gasteiger partial charge in [-0.1, -0.05) is 28.1 Å². The van der Waals surface area contributed by atoms with Gasteiger partial charge in [-0.05, 0) is 40.5 Å². The average Bonchev–Trinajstić information content (AvgIpc) is 2.59. The maximum atomic E-state index is 10.7. The molecule has 0 fully saturated rings. The van der Waals surface area contributed by atoms with Crippen molar-refractivity contribution < 1.29 is 5.11 Å². The van der Waals surface area contributed by atoms with Crippen molar-refractivity contribution in [3.05, 3.63) is 50.7 Å². The molecule has 1 unspecified atom stereocenters. The Kier molecular flexibility index (Phi) is 3.43. The molecular weight excluding hydrogens is 348 g/mol. The van der Waals surface area contributed by atoms with Crippen LogP contribution < -0.4 is 0 Å². The van der Waals surface area contributed by atoms with Crippen LogP contribution in [0.5, 0.6) is 0 Å². The molecule has 0 aliphatic heterocycles. The highest BCUT2D eigenvalue weighted by atomic mass is 79.9. The third kappa shape index (κ3) is 2.32. The average molecular weight is 360 g/mol. The number of rotatable bonds is 2. The summed E-state index contributed by atoms with van der Waals surface area (Å²) in [6.45, 7) is 1.76. The molecule has 0 radical (unpaired) electrons. The lowest BCUT2D eigenvalue weighted by molar-refractivity contribution is 0.0920. The van der Waals surface area contributed by atoms with E-state index in [-0.39, 0.29) is 0 Å². The Labute approximate surface area is 117 Å². The first-order valence-corrected chi connectivity index (χ1v) is 6.68. The molecule has 3 nitrogen and oxygen atoms in total. The number of aliphatic hydroxyl groups is 1. The summed E-state index contributed by atoms with van der Waals surface area (Å²) in [6, 6.07) is 7.62. The van der Waals surface area contributed by atoms with Crippen molar-refractivity contribution in [2.75, 3.05) is 0 Å². The van der Waals surface area contributed by atoms with Crippen LogP contribution in [0.4, 0.5) is 0 Å². The molecule has 0 bridgehead atoms. The van der Waals surface area contributed by atoms with Gasteiger partial charge in [0.25, 0.3) is 0 Å². The summed E-state index contributed by atoms with van der Waals surface area (Å²) < 4.78 is 3.41. The second kappa shape index (κ2) is 4.55. The molecule has 1 aromatic heterocycles. The Morgan fingerprint density at radius 2 is 2.06 bits per heavy atom. The number of aromatic nitrogens is 2. The topological polar surface area (TPSA) is 38.0 Å². The molecule has 17 heavy (non-hydrogen) atoms. The van der Waals surface area contributed by atoms with E-state index in [1.807, 2.05) is 31.3 Å². The fraction of sp³-hybridized carbons (Fsp3) is 0.250. The van der Waals surface area contributed by atoms with Crippen LogP contribution in [0.15, 0.2) is 39.4 Å². The monoisotopic (exact) mass is 358 g/mol. The van der Waals surface area contributed by atoms with Crippen LogP contribution in [0.1, 0.15) is 18.2 Å².